The highest BCUT2D eigenvalue weighted by molar-refractivity contribution is 6.31. The summed E-state index contributed by atoms with van der Waals surface area (Å²) in [6, 6.07) is 5.55. The van der Waals surface area contributed by atoms with Gasteiger partial charge < -0.3 is 10.6 Å². The van der Waals surface area contributed by atoms with Crippen LogP contribution in [0.2, 0.25) is 5.02 Å². The standard InChI is InChI=1S/C13H18ClFN2/c14-12-3-1-4-13(15)11(12)9-16-7-2-8-17-10-5-6-10/h1,3-4,10,16-17H,2,5-9H2. The van der Waals surface area contributed by atoms with Gasteiger partial charge in [0, 0.05) is 23.2 Å². The third-order valence-electron chi connectivity index (χ3n) is 2.90. The molecule has 0 saturated heterocycles. The van der Waals surface area contributed by atoms with Crippen molar-refractivity contribution in [3.05, 3.63) is 34.6 Å². The number of nitrogens with one attached hydrogen (secondary N) is 2. The maximum absolute atomic E-state index is 13.4. The monoisotopic (exact) mass is 256 g/mol. The Balaban J connectivity index is 1.63. The molecule has 0 amide bonds. The zero-order valence-electron chi connectivity index (χ0n) is 9.81. The first-order valence-corrected chi connectivity index (χ1v) is 6.52. The van der Waals surface area contributed by atoms with Crippen LogP contribution in [0.3, 0.4) is 0 Å². The summed E-state index contributed by atoms with van der Waals surface area (Å²) < 4.78 is 13.4. The van der Waals surface area contributed by atoms with Crippen LogP contribution in [-0.2, 0) is 6.54 Å². The molecular formula is C13H18ClFN2. The largest absolute Gasteiger partial charge is 0.314 e. The maximum atomic E-state index is 13.4. The van der Waals surface area contributed by atoms with Crippen molar-refractivity contribution in [1.29, 1.82) is 0 Å². The maximum Gasteiger partial charge on any atom is 0.129 e. The van der Waals surface area contributed by atoms with Crippen molar-refractivity contribution >= 4 is 11.6 Å². The molecule has 0 bridgehead atoms. The summed E-state index contributed by atoms with van der Waals surface area (Å²) in [6.45, 7) is 2.40. The van der Waals surface area contributed by atoms with Gasteiger partial charge in [-0.1, -0.05) is 17.7 Å². The van der Waals surface area contributed by atoms with Gasteiger partial charge in [0.05, 0.1) is 0 Å². The van der Waals surface area contributed by atoms with Crippen molar-refractivity contribution in [1.82, 2.24) is 10.6 Å². The van der Waals surface area contributed by atoms with Gasteiger partial charge in [0.1, 0.15) is 5.82 Å². The molecular weight excluding hydrogens is 239 g/mol. The Kier molecular flexibility index (Phi) is 4.77. The molecule has 0 heterocycles. The topological polar surface area (TPSA) is 24.1 Å². The van der Waals surface area contributed by atoms with E-state index in [9.17, 15) is 4.39 Å². The number of hydrogen-bond acceptors (Lipinski definition) is 2. The smallest absolute Gasteiger partial charge is 0.129 e. The second-order valence-corrected chi connectivity index (χ2v) is 4.87. The summed E-state index contributed by atoms with van der Waals surface area (Å²) in [5.41, 5.74) is 0.560. The van der Waals surface area contributed by atoms with E-state index in [4.69, 9.17) is 11.6 Å². The highest BCUT2D eigenvalue weighted by atomic mass is 35.5. The van der Waals surface area contributed by atoms with Crippen LogP contribution in [0.5, 0.6) is 0 Å². The normalized spacial score (nSPS) is 15.2. The van der Waals surface area contributed by atoms with Crippen LogP contribution in [0.15, 0.2) is 18.2 Å². The molecule has 4 heteroatoms. The van der Waals surface area contributed by atoms with Gasteiger partial charge in [-0.25, -0.2) is 4.39 Å². The van der Waals surface area contributed by atoms with Crippen molar-refractivity contribution in [2.75, 3.05) is 13.1 Å². The van der Waals surface area contributed by atoms with Crippen LogP contribution < -0.4 is 10.6 Å². The third kappa shape index (κ3) is 4.26. The second-order valence-electron chi connectivity index (χ2n) is 4.46. The van der Waals surface area contributed by atoms with Crippen molar-refractivity contribution in [2.45, 2.75) is 31.8 Å². The van der Waals surface area contributed by atoms with Gasteiger partial charge in [-0.15, -0.1) is 0 Å². The van der Waals surface area contributed by atoms with Crippen LogP contribution in [-0.4, -0.2) is 19.1 Å². The van der Waals surface area contributed by atoms with Gasteiger partial charge in [0.25, 0.3) is 0 Å². The minimum atomic E-state index is -0.235. The lowest BCUT2D eigenvalue weighted by Crippen LogP contribution is -2.23. The molecule has 0 aliphatic heterocycles. The molecule has 0 aromatic heterocycles. The van der Waals surface area contributed by atoms with E-state index in [0.717, 1.165) is 25.6 Å². The first-order chi connectivity index (χ1) is 8.27. The predicted molar refractivity (Wildman–Crippen MR) is 68.8 cm³/mol. The zero-order valence-corrected chi connectivity index (χ0v) is 10.6. The summed E-state index contributed by atoms with van der Waals surface area (Å²) in [5, 5.41) is 7.14. The molecule has 1 aromatic rings. The van der Waals surface area contributed by atoms with E-state index >= 15 is 0 Å². The Morgan fingerprint density at radius 3 is 2.82 bits per heavy atom. The van der Waals surface area contributed by atoms with Crippen LogP contribution in [0.4, 0.5) is 4.39 Å². The van der Waals surface area contributed by atoms with Crippen molar-refractivity contribution in [3.8, 4) is 0 Å². The van der Waals surface area contributed by atoms with E-state index in [1.165, 1.54) is 18.9 Å². The lowest BCUT2D eigenvalue weighted by molar-refractivity contribution is 0.567. The zero-order chi connectivity index (χ0) is 12.1. The fourth-order valence-electron chi connectivity index (χ4n) is 1.72. The SMILES string of the molecule is Fc1cccc(Cl)c1CNCCCNC1CC1. The van der Waals surface area contributed by atoms with E-state index < -0.39 is 0 Å². The van der Waals surface area contributed by atoms with Crippen LogP contribution in [0, 0.1) is 5.82 Å². The third-order valence-corrected chi connectivity index (χ3v) is 3.26. The van der Waals surface area contributed by atoms with Crippen molar-refractivity contribution < 1.29 is 4.39 Å². The minimum Gasteiger partial charge on any atom is -0.314 e. The fourth-order valence-corrected chi connectivity index (χ4v) is 1.95. The second kappa shape index (κ2) is 6.34. The number of benzene rings is 1. The van der Waals surface area contributed by atoms with Gasteiger partial charge in [-0.05, 0) is 44.5 Å². The van der Waals surface area contributed by atoms with Crippen LogP contribution in [0.1, 0.15) is 24.8 Å². The Bertz CT molecular complexity index is 346. The Morgan fingerprint density at radius 2 is 2.12 bits per heavy atom. The van der Waals surface area contributed by atoms with Gasteiger partial charge in [0.2, 0.25) is 0 Å². The van der Waals surface area contributed by atoms with Gasteiger partial charge in [0.15, 0.2) is 0 Å². The Hall–Kier alpha value is -0.640. The molecule has 2 nitrogen and oxygen atoms in total. The number of halogens is 2. The Morgan fingerprint density at radius 1 is 1.29 bits per heavy atom. The fraction of sp³-hybridized carbons (Fsp3) is 0.538. The summed E-state index contributed by atoms with van der Waals surface area (Å²) >= 11 is 5.93. The summed E-state index contributed by atoms with van der Waals surface area (Å²) in [6.07, 6.45) is 3.69. The molecule has 0 spiro atoms. The average Bonchev–Trinajstić information content (AvgIpc) is 3.10. The predicted octanol–water partition coefficient (Wildman–Crippen LogP) is 2.71. The molecule has 0 unspecified atom stereocenters. The average molecular weight is 257 g/mol. The molecule has 2 N–H and O–H groups in total. The first kappa shape index (κ1) is 12.8. The van der Waals surface area contributed by atoms with Crippen LogP contribution >= 0.6 is 11.6 Å². The molecule has 17 heavy (non-hydrogen) atoms. The van der Waals surface area contributed by atoms with Gasteiger partial charge >= 0.3 is 0 Å². The highest BCUT2D eigenvalue weighted by Crippen LogP contribution is 2.19. The molecule has 1 aliphatic carbocycles. The van der Waals surface area contributed by atoms with Crippen molar-refractivity contribution in [2.24, 2.45) is 0 Å². The molecule has 1 aliphatic rings. The molecule has 1 fully saturated rings. The van der Waals surface area contributed by atoms with Crippen molar-refractivity contribution in [3.63, 3.8) is 0 Å². The number of rotatable bonds is 7. The summed E-state index contributed by atoms with van der Waals surface area (Å²) in [5.74, 6) is -0.235. The van der Waals surface area contributed by atoms with E-state index in [1.54, 1.807) is 12.1 Å². The molecule has 0 atom stereocenters. The van der Waals surface area contributed by atoms with E-state index in [2.05, 4.69) is 10.6 Å². The van der Waals surface area contributed by atoms with E-state index in [1.807, 2.05) is 0 Å². The first-order valence-electron chi connectivity index (χ1n) is 6.14. The van der Waals surface area contributed by atoms with E-state index in [-0.39, 0.29) is 5.82 Å². The lowest BCUT2D eigenvalue weighted by Gasteiger charge is -2.08. The number of hydrogen-bond donors (Lipinski definition) is 2. The summed E-state index contributed by atoms with van der Waals surface area (Å²) in [7, 11) is 0. The Labute approximate surface area is 107 Å². The quantitative estimate of drug-likeness (QED) is 0.733. The summed E-state index contributed by atoms with van der Waals surface area (Å²) in [4.78, 5) is 0. The minimum absolute atomic E-state index is 0.235. The highest BCUT2D eigenvalue weighted by Gasteiger charge is 2.19. The van der Waals surface area contributed by atoms with Gasteiger partial charge in [-0.3, -0.25) is 0 Å². The molecule has 1 aromatic carbocycles. The lowest BCUT2D eigenvalue weighted by atomic mass is 10.2. The molecule has 1 saturated carbocycles. The molecule has 94 valence electrons. The van der Waals surface area contributed by atoms with Crippen LogP contribution in [0.25, 0.3) is 0 Å². The van der Waals surface area contributed by atoms with Gasteiger partial charge in [-0.2, -0.15) is 0 Å². The van der Waals surface area contributed by atoms with E-state index in [0.29, 0.717) is 17.1 Å². The molecule has 2 rings (SSSR count). The molecule has 0 radical (unpaired) electrons.